The first-order valence-electron chi connectivity index (χ1n) is 17.0. The Labute approximate surface area is 294 Å². The molecule has 0 atom stereocenters. The highest BCUT2D eigenvalue weighted by Gasteiger charge is 2.35. The predicted molar refractivity (Wildman–Crippen MR) is 210 cm³/mol. The highest BCUT2D eigenvalue weighted by Crippen LogP contribution is 2.51. The average molecular weight is 661 g/mol. The van der Waals surface area contributed by atoms with Crippen molar-refractivity contribution in [3.8, 4) is 33.7 Å². The Bertz CT molecular complexity index is 2700. The summed E-state index contributed by atoms with van der Waals surface area (Å²) in [5.41, 5.74) is 13.8. The molecule has 9 aromatic rings. The van der Waals surface area contributed by atoms with Crippen LogP contribution in [0.5, 0.6) is 0 Å². The van der Waals surface area contributed by atoms with Crippen LogP contribution in [0.1, 0.15) is 25.0 Å². The molecule has 0 radical (unpaired) electrons. The van der Waals surface area contributed by atoms with Crippen molar-refractivity contribution in [1.82, 2.24) is 4.98 Å². The van der Waals surface area contributed by atoms with Gasteiger partial charge in [-0.1, -0.05) is 111 Å². The third-order valence-electron chi connectivity index (χ3n) is 10.3. The zero-order valence-electron chi connectivity index (χ0n) is 27.7. The van der Waals surface area contributed by atoms with Crippen LogP contribution in [0.4, 0.5) is 17.1 Å². The van der Waals surface area contributed by atoms with Gasteiger partial charge in [-0.25, -0.2) is 4.98 Å². The second-order valence-electron chi connectivity index (χ2n) is 13.6. The molecule has 10 rings (SSSR count). The van der Waals surface area contributed by atoms with Crippen molar-refractivity contribution in [2.24, 2.45) is 0 Å². The molecule has 1 aliphatic carbocycles. The molecule has 0 unspecified atom stereocenters. The third-order valence-corrected chi connectivity index (χ3v) is 11.4. The summed E-state index contributed by atoms with van der Waals surface area (Å²) >= 11 is 1.81. The predicted octanol–water partition coefficient (Wildman–Crippen LogP) is 13.3. The summed E-state index contributed by atoms with van der Waals surface area (Å²) in [7, 11) is 0. The third kappa shape index (κ3) is 4.45. The molecule has 3 nitrogen and oxygen atoms in total. The van der Waals surface area contributed by atoms with Crippen LogP contribution in [0.25, 0.3) is 65.0 Å². The molecule has 1 aliphatic rings. The minimum atomic E-state index is -0.0466. The van der Waals surface area contributed by atoms with Gasteiger partial charge in [-0.05, 0) is 94.0 Å². The number of benzene rings is 7. The molecule has 2 aromatic heterocycles. The van der Waals surface area contributed by atoms with Gasteiger partial charge in [0.05, 0.1) is 0 Å². The van der Waals surface area contributed by atoms with Crippen LogP contribution in [0.15, 0.2) is 162 Å². The molecule has 0 fully saturated rings. The van der Waals surface area contributed by atoms with Gasteiger partial charge in [0, 0.05) is 48.2 Å². The molecule has 0 saturated carbocycles. The molecule has 2 heterocycles. The summed E-state index contributed by atoms with van der Waals surface area (Å²) in [6.45, 7) is 4.67. The summed E-state index contributed by atoms with van der Waals surface area (Å²) in [4.78, 5) is 7.26. The normalized spacial score (nSPS) is 13.2. The number of thiophene rings is 1. The first kappa shape index (κ1) is 29.0. The van der Waals surface area contributed by atoms with E-state index >= 15 is 0 Å². The lowest BCUT2D eigenvalue weighted by molar-refractivity contribution is 0.620. The van der Waals surface area contributed by atoms with Crippen molar-refractivity contribution in [2.45, 2.75) is 19.3 Å². The molecule has 50 heavy (non-hydrogen) atoms. The van der Waals surface area contributed by atoms with Crippen molar-refractivity contribution in [3.63, 3.8) is 0 Å². The fraction of sp³-hybridized carbons (Fsp3) is 0.0652. The second-order valence-corrected chi connectivity index (χ2v) is 14.7. The first-order valence-corrected chi connectivity index (χ1v) is 17.9. The quantitative estimate of drug-likeness (QED) is 0.184. The topological polar surface area (TPSA) is 29.3 Å². The average Bonchev–Trinajstić information content (AvgIpc) is 3.83. The zero-order chi connectivity index (χ0) is 33.4. The summed E-state index contributed by atoms with van der Waals surface area (Å²) in [6, 6.07) is 56.6. The number of anilines is 3. The van der Waals surface area contributed by atoms with Gasteiger partial charge in [-0.2, -0.15) is 0 Å². The van der Waals surface area contributed by atoms with Gasteiger partial charge in [0.1, 0.15) is 5.52 Å². The minimum absolute atomic E-state index is 0.0466. The van der Waals surface area contributed by atoms with E-state index in [0.717, 1.165) is 33.7 Å². The van der Waals surface area contributed by atoms with E-state index in [-0.39, 0.29) is 5.41 Å². The van der Waals surface area contributed by atoms with Crippen molar-refractivity contribution < 1.29 is 4.42 Å². The van der Waals surface area contributed by atoms with E-state index < -0.39 is 0 Å². The fourth-order valence-corrected chi connectivity index (χ4v) is 9.01. The van der Waals surface area contributed by atoms with E-state index in [4.69, 9.17) is 9.40 Å². The Kier molecular flexibility index (Phi) is 6.39. The molecule has 7 aromatic carbocycles. The smallest absolute Gasteiger partial charge is 0.227 e. The molecular formula is C46H32N2OS. The van der Waals surface area contributed by atoms with E-state index in [1.165, 1.54) is 53.6 Å². The molecule has 238 valence electrons. The summed E-state index contributed by atoms with van der Waals surface area (Å²) in [6.07, 6.45) is 0. The van der Waals surface area contributed by atoms with E-state index in [2.05, 4.69) is 152 Å². The molecule has 0 N–H and O–H groups in total. The van der Waals surface area contributed by atoms with Gasteiger partial charge in [0.2, 0.25) is 5.89 Å². The Morgan fingerprint density at radius 1 is 0.540 bits per heavy atom. The van der Waals surface area contributed by atoms with Crippen LogP contribution in [-0.4, -0.2) is 4.98 Å². The molecule has 4 heteroatoms. The van der Waals surface area contributed by atoms with Crippen LogP contribution >= 0.6 is 11.3 Å². The van der Waals surface area contributed by atoms with Gasteiger partial charge < -0.3 is 9.32 Å². The second kappa shape index (κ2) is 11.0. The van der Waals surface area contributed by atoms with Gasteiger partial charge in [0.15, 0.2) is 5.58 Å². The van der Waals surface area contributed by atoms with E-state index in [1.807, 2.05) is 35.6 Å². The number of aromatic nitrogens is 1. The maximum atomic E-state index is 6.26. The summed E-state index contributed by atoms with van der Waals surface area (Å²) in [5.74, 6) is 0.655. The highest BCUT2D eigenvalue weighted by molar-refractivity contribution is 7.26. The monoisotopic (exact) mass is 660 g/mol. The number of nitrogens with zero attached hydrogens (tertiary/aromatic N) is 2. The van der Waals surface area contributed by atoms with Crippen molar-refractivity contribution in [2.75, 3.05) is 4.90 Å². The minimum Gasteiger partial charge on any atom is -0.436 e. The number of para-hydroxylation sites is 2. The SMILES string of the molecule is CC1(C)c2ccccc2-c2cc(N(c3ccc(-c4ccccc4)cc3)c3ccc4c(c3)sc3cccc(-c5nc6ccccc6o5)c34)ccc21. The van der Waals surface area contributed by atoms with Crippen LogP contribution in [0, 0.1) is 0 Å². The number of fused-ring (bicyclic) bond motifs is 7. The maximum absolute atomic E-state index is 6.26. The number of oxazole rings is 1. The van der Waals surface area contributed by atoms with Gasteiger partial charge >= 0.3 is 0 Å². The Hall–Kier alpha value is -5.97. The van der Waals surface area contributed by atoms with Gasteiger partial charge in [0.25, 0.3) is 0 Å². The van der Waals surface area contributed by atoms with Crippen LogP contribution < -0.4 is 4.90 Å². The molecule has 0 aliphatic heterocycles. The summed E-state index contributed by atoms with van der Waals surface area (Å²) in [5, 5.41) is 2.39. The lowest BCUT2D eigenvalue weighted by Gasteiger charge is -2.27. The van der Waals surface area contributed by atoms with Crippen molar-refractivity contribution in [3.05, 3.63) is 169 Å². The Balaban J connectivity index is 1.14. The molecule has 0 amide bonds. The van der Waals surface area contributed by atoms with E-state index in [1.54, 1.807) is 0 Å². The van der Waals surface area contributed by atoms with Crippen LogP contribution in [0.3, 0.4) is 0 Å². The van der Waals surface area contributed by atoms with Gasteiger partial charge in [-0.15, -0.1) is 11.3 Å². The molecule has 0 spiro atoms. The molecule has 0 saturated heterocycles. The lowest BCUT2D eigenvalue weighted by atomic mass is 9.82. The maximum Gasteiger partial charge on any atom is 0.227 e. The Morgan fingerprint density at radius 2 is 1.22 bits per heavy atom. The number of hydrogen-bond donors (Lipinski definition) is 0. The van der Waals surface area contributed by atoms with E-state index in [0.29, 0.717) is 5.89 Å². The highest BCUT2D eigenvalue weighted by atomic mass is 32.1. The van der Waals surface area contributed by atoms with Crippen LogP contribution in [-0.2, 0) is 5.41 Å². The lowest BCUT2D eigenvalue weighted by Crippen LogP contribution is -2.15. The molecule has 0 bridgehead atoms. The van der Waals surface area contributed by atoms with Gasteiger partial charge in [-0.3, -0.25) is 0 Å². The fourth-order valence-electron chi connectivity index (χ4n) is 7.85. The first-order chi connectivity index (χ1) is 24.5. The van der Waals surface area contributed by atoms with Crippen LogP contribution in [0.2, 0.25) is 0 Å². The Morgan fingerprint density at radius 3 is 2.08 bits per heavy atom. The number of rotatable bonds is 5. The number of hydrogen-bond acceptors (Lipinski definition) is 4. The standard InChI is InChI=1S/C46H32N2OS/c1-46(2)38-15-7-6-13-34(38)37-27-32(24-26-39(37)46)48(31-21-19-30(20-22-31)29-11-4-3-5-12-29)33-23-25-35-43(28-33)50-42-18-10-14-36(44(35)42)45-47-40-16-8-9-17-41(40)49-45/h3-28H,1-2H3. The summed E-state index contributed by atoms with van der Waals surface area (Å²) < 4.78 is 8.70. The van der Waals surface area contributed by atoms with Crippen molar-refractivity contribution in [1.29, 1.82) is 0 Å². The largest absolute Gasteiger partial charge is 0.436 e. The van der Waals surface area contributed by atoms with E-state index in [9.17, 15) is 0 Å². The van der Waals surface area contributed by atoms with Crippen molar-refractivity contribution >= 4 is 59.7 Å². The zero-order valence-corrected chi connectivity index (χ0v) is 28.5. The molecular weight excluding hydrogens is 629 g/mol.